The van der Waals surface area contributed by atoms with Gasteiger partial charge in [-0.1, -0.05) is 31.0 Å². The number of nitrogens with zero attached hydrogens (tertiary/aromatic N) is 1. The lowest BCUT2D eigenvalue weighted by atomic mass is 10.1. The highest BCUT2D eigenvalue weighted by Crippen LogP contribution is 2.37. The molecule has 3 rings (SSSR count). The van der Waals surface area contributed by atoms with Crippen LogP contribution >= 0.6 is 0 Å². The standard InChI is InChI=1S/C15H20FNO2/c16-14-8-4-3-7-13(14)15-17(9-12(10-18)19-15)11-5-1-2-6-11/h3-4,7-8,11-12,15,18H,1-2,5-6,9-10H2. The molecular weight excluding hydrogens is 245 g/mol. The molecule has 1 aromatic carbocycles. The Balaban J connectivity index is 1.86. The summed E-state index contributed by atoms with van der Waals surface area (Å²) in [6.07, 6.45) is 4.20. The van der Waals surface area contributed by atoms with Crippen LogP contribution < -0.4 is 0 Å². The predicted molar refractivity (Wildman–Crippen MR) is 70.1 cm³/mol. The van der Waals surface area contributed by atoms with Gasteiger partial charge in [0.15, 0.2) is 0 Å². The Morgan fingerprint density at radius 3 is 2.68 bits per heavy atom. The highest BCUT2D eigenvalue weighted by atomic mass is 19.1. The first-order valence-electron chi connectivity index (χ1n) is 7.06. The molecule has 19 heavy (non-hydrogen) atoms. The molecule has 1 heterocycles. The molecule has 0 aromatic heterocycles. The molecule has 0 bridgehead atoms. The molecule has 1 aromatic rings. The first-order valence-corrected chi connectivity index (χ1v) is 7.06. The van der Waals surface area contributed by atoms with E-state index < -0.39 is 0 Å². The van der Waals surface area contributed by atoms with Gasteiger partial charge >= 0.3 is 0 Å². The maximum Gasteiger partial charge on any atom is 0.140 e. The molecular formula is C15H20FNO2. The average molecular weight is 265 g/mol. The number of ether oxygens (including phenoxy) is 1. The van der Waals surface area contributed by atoms with Gasteiger partial charge in [-0.3, -0.25) is 4.90 Å². The molecule has 104 valence electrons. The van der Waals surface area contributed by atoms with Crippen LogP contribution in [0.2, 0.25) is 0 Å². The van der Waals surface area contributed by atoms with E-state index in [1.807, 2.05) is 6.07 Å². The molecule has 2 aliphatic rings. The van der Waals surface area contributed by atoms with Gasteiger partial charge in [0.25, 0.3) is 0 Å². The molecule has 0 amide bonds. The summed E-state index contributed by atoms with van der Waals surface area (Å²) in [4.78, 5) is 2.23. The van der Waals surface area contributed by atoms with Crippen molar-refractivity contribution in [1.82, 2.24) is 4.90 Å². The second kappa shape index (κ2) is 5.57. The van der Waals surface area contributed by atoms with E-state index in [9.17, 15) is 9.50 Å². The lowest BCUT2D eigenvalue weighted by Gasteiger charge is -2.29. The third-order valence-electron chi connectivity index (χ3n) is 4.21. The minimum Gasteiger partial charge on any atom is -0.394 e. The van der Waals surface area contributed by atoms with E-state index in [-0.39, 0.29) is 24.8 Å². The van der Waals surface area contributed by atoms with Crippen LogP contribution in [0.5, 0.6) is 0 Å². The number of halogens is 1. The lowest BCUT2D eigenvalue weighted by Crippen LogP contribution is -2.34. The van der Waals surface area contributed by atoms with Crippen LogP contribution in [-0.4, -0.2) is 35.3 Å². The zero-order chi connectivity index (χ0) is 13.2. The Morgan fingerprint density at radius 2 is 2.00 bits per heavy atom. The molecule has 2 atom stereocenters. The van der Waals surface area contributed by atoms with E-state index >= 15 is 0 Å². The van der Waals surface area contributed by atoms with Gasteiger partial charge in [0.1, 0.15) is 12.0 Å². The summed E-state index contributed by atoms with van der Waals surface area (Å²) in [6, 6.07) is 7.23. The first kappa shape index (κ1) is 13.0. The predicted octanol–water partition coefficient (Wildman–Crippen LogP) is 2.46. The Labute approximate surface area is 113 Å². The van der Waals surface area contributed by atoms with Crippen molar-refractivity contribution >= 4 is 0 Å². The van der Waals surface area contributed by atoms with Crippen molar-refractivity contribution in [3.05, 3.63) is 35.6 Å². The van der Waals surface area contributed by atoms with Crippen molar-refractivity contribution in [3.8, 4) is 0 Å². The fraction of sp³-hybridized carbons (Fsp3) is 0.600. The van der Waals surface area contributed by atoms with Crippen LogP contribution in [0.25, 0.3) is 0 Å². The third kappa shape index (κ3) is 2.53. The second-order valence-electron chi connectivity index (χ2n) is 5.45. The Bertz CT molecular complexity index is 434. The summed E-state index contributed by atoms with van der Waals surface area (Å²) >= 11 is 0. The van der Waals surface area contributed by atoms with E-state index in [2.05, 4.69) is 4.90 Å². The summed E-state index contributed by atoms with van der Waals surface area (Å²) in [5.74, 6) is -0.228. The maximum absolute atomic E-state index is 14.0. The van der Waals surface area contributed by atoms with E-state index in [1.54, 1.807) is 12.1 Å². The van der Waals surface area contributed by atoms with Gasteiger partial charge in [-0.15, -0.1) is 0 Å². The lowest BCUT2D eigenvalue weighted by molar-refractivity contribution is -0.0314. The molecule has 2 fully saturated rings. The fourth-order valence-corrected chi connectivity index (χ4v) is 3.24. The molecule has 4 heteroatoms. The second-order valence-corrected chi connectivity index (χ2v) is 5.45. The molecule has 1 saturated heterocycles. The van der Waals surface area contributed by atoms with Gasteiger partial charge < -0.3 is 9.84 Å². The third-order valence-corrected chi connectivity index (χ3v) is 4.21. The normalized spacial score (nSPS) is 29.2. The van der Waals surface area contributed by atoms with E-state index in [0.29, 0.717) is 18.2 Å². The van der Waals surface area contributed by atoms with Crippen molar-refractivity contribution in [2.75, 3.05) is 13.2 Å². The molecule has 0 spiro atoms. The minimum absolute atomic E-state index is 0.00578. The number of hydrogen-bond acceptors (Lipinski definition) is 3. The van der Waals surface area contributed by atoms with Gasteiger partial charge in [-0.2, -0.15) is 0 Å². The van der Waals surface area contributed by atoms with Gasteiger partial charge in [0.2, 0.25) is 0 Å². The quantitative estimate of drug-likeness (QED) is 0.911. The molecule has 1 N–H and O–H groups in total. The van der Waals surface area contributed by atoms with Crippen LogP contribution in [0.1, 0.15) is 37.5 Å². The Kier molecular flexibility index (Phi) is 3.82. The van der Waals surface area contributed by atoms with Crippen molar-refractivity contribution < 1.29 is 14.2 Å². The number of benzene rings is 1. The fourth-order valence-electron chi connectivity index (χ4n) is 3.24. The molecule has 2 unspecified atom stereocenters. The van der Waals surface area contributed by atoms with E-state index in [1.165, 1.54) is 18.9 Å². The number of hydrogen-bond donors (Lipinski definition) is 1. The Hall–Kier alpha value is -0.970. The van der Waals surface area contributed by atoms with E-state index in [4.69, 9.17) is 4.74 Å². The highest BCUT2D eigenvalue weighted by Gasteiger charge is 2.39. The Morgan fingerprint density at radius 1 is 1.26 bits per heavy atom. The van der Waals surface area contributed by atoms with Gasteiger partial charge in [-0.05, 0) is 18.9 Å². The van der Waals surface area contributed by atoms with Crippen LogP contribution in [0.4, 0.5) is 4.39 Å². The number of aliphatic hydroxyl groups is 1. The smallest absolute Gasteiger partial charge is 0.140 e. The number of rotatable bonds is 3. The van der Waals surface area contributed by atoms with Crippen molar-refractivity contribution in [2.24, 2.45) is 0 Å². The molecule has 3 nitrogen and oxygen atoms in total. The number of aliphatic hydroxyl groups excluding tert-OH is 1. The molecule has 1 aliphatic heterocycles. The summed E-state index contributed by atoms with van der Waals surface area (Å²) in [6.45, 7) is 0.689. The van der Waals surface area contributed by atoms with Gasteiger partial charge in [-0.25, -0.2) is 4.39 Å². The van der Waals surface area contributed by atoms with Crippen molar-refractivity contribution in [2.45, 2.75) is 44.1 Å². The largest absolute Gasteiger partial charge is 0.394 e. The molecule has 0 radical (unpaired) electrons. The summed E-state index contributed by atoms with van der Waals surface area (Å²) in [7, 11) is 0. The van der Waals surface area contributed by atoms with Gasteiger partial charge in [0, 0.05) is 18.2 Å². The van der Waals surface area contributed by atoms with Gasteiger partial charge in [0.05, 0.1) is 12.7 Å². The zero-order valence-corrected chi connectivity index (χ0v) is 11.0. The van der Waals surface area contributed by atoms with Crippen LogP contribution in [0.15, 0.2) is 24.3 Å². The highest BCUT2D eigenvalue weighted by molar-refractivity contribution is 5.21. The molecule has 1 saturated carbocycles. The summed E-state index contributed by atoms with van der Waals surface area (Å²) < 4.78 is 19.8. The van der Waals surface area contributed by atoms with Crippen molar-refractivity contribution in [3.63, 3.8) is 0 Å². The maximum atomic E-state index is 14.0. The first-order chi connectivity index (χ1) is 9.29. The molecule has 1 aliphatic carbocycles. The SMILES string of the molecule is OCC1CN(C2CCCC2)C(c2ccccc2F)O1. The van der Waals surface area contributed by atoms with Crippen molar-refractivity contribution in [1.29, 1.82) is 0 Å². The summed E-state index contributed by atoms with van der Waals surface area (Å²) in [5, 5.41) is 9.32. The van der Waals surface area contributed by atoms with Crippen LogP contribution in [-0.2, 0) is 4.74 Å². The van der Waals surface area contributed by atoms with Crippen LogP contribution in [0, 0.1) is 5.82 Å². The minimum atomic E-state index is -0.346. The van der Waals surface area contributed by atoms with Crippen LogP contribution in [0.3, 0.4) is 0 Å². The topological polar surface area (TPSA) is 32.7 Å². The monoisotopic (exact) mass is 265 g/mol. The van der Waals surface area contributed by atoms with E-state index in [0.717, 1.165) is 12.8 Å². The average Bonchev–Trinajstić information content (AvgIpc) is 3.08. The zero-order valence-electron chi connectivity index (χ0n) is 11.0. The summed E-state index contributed by atoms with van der Waals surface area (Å²) in [5.41, 5.74) is 0.588.